The standard InChI is InChI=1S/C20H15F4N3O/c21-16-4-2-1-3-15(16)19-25-17-9-10-27(12-18(17)26-19)11-13-5-7-14(8-6-13)28-20(22,23)24/h1-5,7,9-10,12H,6,8,11H2. The molecule has 0 saturated heterocycles. The lowest BCUT2D eigenvalue weighted by Gasteiger charge is -2.18. The van der Waals surface area contributed by atoms with Crippen molar-refractivity contribution in [3.63, 3.8) is 0 Å². The van der Waals surface area contributed by atoms with E-state index in [1.54, 1.807) is 36.5 Å². The third-order valence-corrected chi connectivity index (χ3v) is 4.37. The highest BCUT2D eigenvalue weighted by Crippen LogP contribution is 2.29. The number of imidazole rings is 1. The summed E-state index contributed by atoms with van der Waals surface area (Å²) in [4.78, 5) is 8.77. The average Bonchev–Trinajstić information content (AvgIpc) is 3.05. The lowest BCUT2D eigenvalue weighted by molar-refractivity contribution is -0.306. The first-order valence-electron chi connectivity index (χ1n) is 8.60. The van der Waals surface area contributed by atoms with Gasteiger partial charge in [-0.05, 0) is 30.7 Å². The summed E-state index contributed by atoms with van der Waals surface area (Å²) >= 11 is 0. The molecule has 0 aromatic heterocycles. The van der Waals surface area contributed by atoms with Crippen molar-refractivity contribution in [1.29, 1.82) is 0 Å². The molecule has 0 unspecified atom stereocenters. The van der Waals surface area contributed by atoms with Crippen LogP contribution < -0.4 is 0 Å². The lowest BCUT2D eigenvalue weighted by atomic mass is 10.0. The monoisotopic (exact) mass is 389 g/mol. The van der Waals surface area contributed by atoms with E-state index in [4.69, 9.17) is 0 Å². The average molecular weight is 389 g/mol. The molecule has 1 aromatic carbocycles. The predicted octanol–water partition coefficient (Wildman–Crippen LogP) is 5.33. The van der Waals surface area contributed by atoms with Crippen LogP contribution in [-0.4, -0.2) is 20.9 Å². The van der Waals surface area contributed by atoms with E-state index >= 15 is 0 Å². The Morgan fingerprint density at radius 1 is 1.00 bits per heavy atom. The topological polar surface area (TPSA) is 39.9 Å². The summed E-state index contributed by atoms with van der Waals surface area (Å²) in [6.45, 7) is 0.508. The van der Waals surface area contributed by atoms with E-state index in [-0.39, 0.29) is 18.0 Å². The molecule has 2 heterocycles. The molecular formula is C20H15F4N3O. The number of alkyl halides is 3. The Bertz CT molecular complexity index is 1040. The number of benzene rings is 1. The van der Waals surface area contributed by atoms with Crippen LogP contribution in [0.25, 0.3) is 22.8 Å². The highest BCUT2D eigenvalue weighted by molar-refractivity contribution is 5.65. The van der Waals surface area contributed by atoms with Gasteiger partial charge in [0.25, 0.3) is 0 Å². The van der Waals surface area contributed by atoms with E-state index in [1.807, 2.05) is 10.8 Å². The molecule has 0 spiro atoms. The maximum absolute atomic E-state index is 13.9. The third kappa shape index (κ3) is 4.05. The largest absolute Gasteiger partial charge is 0.572 e. The quantitative estimate of drug-likeness (QED) is 0.567. The van der Waals surface area contributed by atoms with Crippen molar-refractivity contribution >= 4 is 0 Å². The third-order valence-electron chi connectivity index (χ3n) is 4.37. The lowest BCUT2D eigenvalue weighted by Crippen LogP contribution is -2.14. The van der Waals surface area contributed by atoms with Gasteiger partial charge in [-0.3, -0.25) is 0 Å². The number of hydrogen-bond donors (Lipinski definition) is 0. The number of allylic oxidation sites excluding steroid dienone is 4. The Labute approximate surface area is 158 Å². The van der Waals surface area contributed by atoms with Gasteiger partial charge < -0.3 is 9.30 Å². The predicted molar refractivity (Wildman–Crippen MR) is 94.6 cm³/mol. The summed E-state index contributed by atoms with van der Waals surface area (Å²) < 4.78 is 56.5. The van der Waals surface area contributed by atoms with Crippen molar-refractivity contribution in [3.8, 4) is 22.8 Å². The van der Waals surface area contributed by atoms with Gasteiger partial charge in [-0.15, -0.1) is 13.2 Å². The van der Waals surface area contributed by atoms with Crippen molar-refractivity contribution in [1.82, 2.24) is 14.5 Å². The molecule has 8 heteroatoms. The highest BCUT2D eigenvalue weighted by atomic mass is 19.4. The van der Waals surface area contributed by atoms with Crippen LogP contribution >= 0.6 is 0 Å². The molecule has 0 amide bonds. The molecule has 1 aromatic rings. The summed E-state index contributed by atoms with van der Waals surface area (Å²) in [5.74, 6) is -0.158. The minimum atomic E-state index is -4.66. The Balaban J connectivity index is 1.53. The van der Waals surface area contributed by atoms with Gasteiger partial charge in [0.1, 0.15) is 17.3 Å². The molecule has 0 fully saturated rings. The van der Waals surface area contributed by atoms with Gasteiger partial charge in [0, 0.05) is 25.4 Å². The van der Waals surface area contributed by atoms with Crippen molar-refractivity contribution in [3.05, 3.63) is 72.0 Å². The smallest absolute Gasteiger partial charge is 0.410 e. The first kappa shape index (κ1) is 18.2. The number of aromatic nitrogens is 3. The number of pyridine rings is 1. The van der Waals surface area contributed by atoms with Crippen LogP contribution in [0.4, 0.5) is 17.6 Å². The van der Waals surface area contributed by atoms with Gasteiger partial charge in [-0.25, -0.2) is 14.4 Å². The molecule has 0 radical (unpaired) electrons. The fraction of sp³-hybridized carbons (Fsp3) is 0.200. The number of ether oxygens (including phenoxy) is 1. The van der Waals surface area contributed by atoms with E-state index in [1.165, 1.54) is 12.1 Å². The fourth-order valence-corrected chi connectivity index (χ4v) is 3.07. The number of fused-ring (bicyclic) bond motifs is 1. The van der Waals surface area contributed by atoms with Crippen molar-refractivity contribution in [2.24, 2.45) is 0 Å². The van der Waals surface area contributed by atoms with E-state index in [0.29, 0.717) is 35.7 Å². The zero-order valence-electron chi connectivity index (χ0n) is 14.6. The van der Waals surface area contributed by atoms with Crippen molar-refractivity contribution in [2.75, 3.05) is 0 Å². The molecule has 0 saturated carbocycles. The van der Waals surface area contributed by atoms with Gasteiger partial charge in [0.05, 0.1) is 11.3 Å². The Morgan fingerprint density at radius 2 is 1.79 bits per heavy atom. The summed E-state index contributed by atoms with van der Waals surface area (Å²) in [5.41, 5.74) is 2.57. The van der Waals surface area contributed by atoms with Crippen LogP contribution in [0.5, 0.6) is 0 Å². The molecule has 0 bridgehead atoms. The number of rotatable bonds is 4. The number of hydrogen-bond acceptors (Lipinski definition) is 3. The molecule has 0 atom stereocenters. The van der Waals surface area contributed by atoms with Crippen LogP contribution in [0.3, 0.4) is 0 Å². The molecule has 0 N–H and O–H groups in total. The highest BCUT2D eigenvalue weighted by Gasteiger charge is 2.32. The summed E-state index contributed by atoms with van der Waals surface area (Å²) in [7, 11) is 0. The molecule has 28 heavy (non-hydrogen) atoms. The molecule has 1 aliphatic carbocycles. The minimum Gasteiger partial charge on any atom is -0.410 e. The Hall–Kier alpha value is -3.16. The molecule has 4 rings (SSSR count). The Morgan fingerprint density at radius 3 is 2.50 bits per heavy atom. The molecule has 144 valence electrons. The molecule has 3 aliphatic rings. The maximum atomic E-state index is 13.9. The van der Waals surface area contributed by atoms with Crippen molar-refractivity contribution in [2.45, 2.75) is 25.7 Å². The van der Waals surface area contributed by atoms with Gasteiger partial charge >= 0.3 is 6.36 Å². The molecular weight excluding hydrogens is 374 g/mol. The first-order valence-corrected chi connectivity index (χ1v) is 8.60. The van der Waals surface area contributed by atoms with Crippen LogP contribution in [-0.2, 0) is 11.3 Å². The van der Waals surface area contributed by atoms with Crippen LogP contribution in [0.2, 0.25) is 0 Å². The SMILES string of the molecule is Fc1ccccc1-c1nc2ccn(CC3=CC=C(OC(F)(F)F)CC3)cc-2n1. The van der Waals surface area contributed by atoms with Crippen LogP contribution in [0, 0.1) is 5.82 Å². The Kier molecular flexibility index (Phi) is 4.62. The summed E-state index contributed by atoms with van der Waals surface area (Å²) in [6, 6.07) is 8.09. The van der Waals surface area contributed by atoms with Gasteiger partial charge in [0.15, 0.2) is 5.82 Å². The minimum absolute atomic E-state index is 0.0897. The normalized spacial score (nSPS) is 14.7. The van der Waals surface area contributed by atoms with Crippen molar-refractivity contribution < 1.29 is 22.3 Å². The fourth-order valence-electron chi connectivity index (χ4n) is 3.07. The van der Waals surface area contributed by atoms with Crippen LogP contribution in [0.15, 0.2) is 66.2 Å². The van der Waals surface area contributed by atoms with Gasteiger partial charge in [-0.2, -0.15) is 0 Å². The zero-order chi connectivity index (χ0) is 19.7. The van der Waals surface area contributed by atoms with Crippen LogP contribution in [0.1, 0.15) is 12.8 Å². The zero-order valence-corrected chi connectivity index (χ0v) is 14.6. The maximum Gasteiger partial charge on any atom is 0.572 e. The van der Waals surface area contributed by atoms with E-state index < -0.39 is 6.36 Å². The second kappa shape index (κ2) is 7.10. The molecule has 2 aliphatic heterocycles. The second-order valence-corrected chi connectivity index (χ2v) is 6.42. The molecule has 4 nitrogen and oxygen atoms in total. The number of halogens is 4. The second-order valence-electron chi connectivity index (χ2n) is 6.42. The van der Waals surface area contributed by atoms with E-state index in [2.05, 4.69) is 14.7 Å². The van der Waals surface area contributed by atoms with E-state index in [9.17, 15) is 17.6 Å². The first-order chi connectivity index (χ1) is 13.4. The van der Waals surface area contributed by atoms with Gasteiger partial charge in [-0.1, -0.05) is 23.8 Å². The number of nitrogens with zero attached hydrogens (tertiary/aromatic N) is 3. The summed E-state index contributed by atoms with van der Waals surface area (Å²) in [5, 5.41) is 0. The van der Waals surface area contributed by atoms with Gasteiger partial charge in [0.2, 0.25) is 0 Å². The van der Waals surface area contributed by atoms with E-state index in [0.717, 1.165) is 5.57 Å². The summed E-state index contributed by atoms with van der Waals surface area (Å²) in [6.07, 6.45) is 2.60.